The number of allylic oxidation sites excluding steroid dienone is 1. The summed E-state index contributed by atoms with van der Waals surface area (Å²) in [6.07, 6.45) is 11.6. The molecule has 1 saturated heterocycles. The van der Waals surface area contributed by atoms with Crippen LogP contribution in [0, 0.1) is 11.8 Å². The van der Waals surface area contributed by atoms with Crippen molar-refractivity contribution in [1.29, 1.82) is 0 Å². The molecule has 1 aromatic rings. The van der Waals surface area contributed by atoms with Crippen molar-refractivity contribution in [3.05, 3.63) is 42.0 Å². The zero-order valence-corrected chi connectivity index (χ0v) is 15.2. The molecule has 3 heteroatoms. The fraction of sp³-hybridized carbons (Fsp3) is 0.591. The molecule has 2 fully saturated rings. The summed E-state index contributed by atoms with van der Waals surface area (Å²) in [6.45, 7) is 3.05. The van der Waals surface area contributed by atoms with Gasteiger partial charge in [0.05, 0.1) is 0 Å². The molecule has 25 heavy (non-hydrogen) atoms. The average Bonchev–Trinajstić information content (AvgIpc) is 3.07. The zero-order chi connectivity index (χ0) is 17.5. The van der Waals surface area contributed by atoms with Crippen LogP contribution in [-0.2, 0) is 4.79 Å². The molecule has 1 aliphatic heterocycles. The molecule has 1 atom stereocenters. The van der Waals surface area contributed by atoms with Gasteiger partial charge < -0.3 is 10.0 Å². The Hall–Kier alpha value is -1.61. The maximum Gasteiger partial charge on any atom is 0.303 e. The van der Waals surface area contributed by atoms with Crippen molar-refractivity contribution < 1.29 is 9.90 Å². The molecule has 0 bridgehead atoms. The molecule has 1 saturated carbocycles. The van der Waals surface area contributed by atoms with Gasteiger partial charge >= 0.3 is 5.97 Å². The van der Waals surface area contributed by atoms with Crippen molar-refractivity contribution >= 4 is 11.5 Å². The van der Waals surface area contributed by atoms with Crippen molar-refractivity contribution in [2.45, 2.75) is 51.4 Å². The van der Waals surface area contributed by atoms with E-state index >= 15 is 0 Å². The van der Waals surface area contributed by atoms with Gasteiger partial charge in [0.2, 0.25) is 0 Å². The Morgan fingerprint density at radius 3 is 2.60 bits per heavy atom. The van der Waals surface area contributed by atoms with E-state index in [-0.39, 0.29) is 0 Å². The normalized spacial score (nSPS) is 23.0. The standard InChI is InChI=1S/C22H31NO2/c24-22(25)16-18-13-15-23(17-18)14-7-12-21(19-8-3-1-4-9-19)20-10-5-2-6-11-20/h1,3-4,8-9,12,18,20H,2,5-7,10-11,13-17H2,(H,24,25). The smallest absolute Gasteiger partial charge is 0.303 e. The first-order chi connectivity index (χ1) is 12.2. The summed E-state index contributed by atoms with van der Waals surface area (Å²) in [6, 6.07) is 10.9. The second-order valence-corrected chi connectivity index (χ2v) is 7.70. The van der Waals surface area contributed by atoms with Gasteiger partial charge in [-0.1, -0.05) is 55.7 Å². The van der Waals surface area contributed by atoms with E-state index in [1.165, 1.54) is 37.7 Å². The van der Waals surface area contributed by atoms with E-state index in [0.717, 1.165) is 38.4 Å². The number of rotatable bonds is 7. The molecule has 0 amide bonds. The number of carboxylic acids is 1. The number of hydrogen-bond donors (Lipinski definition) is 1. The van der Waals surface area contributed by atoms with Gasteiger partial charge in [0.1, 0.15) is 0 Å². The molecule has 1 aromatic carbocycles. The lowest BCUT2D eigenvalue weighted by Crippen LogP contribution is -2.22. The number of hydrogen-bond acceptors (Lipinski definition) is 2. The SMILES string of the molecule is O=C(O)CC1CCN(CCC=C(c2ccccc2)C2CCCCC2)C1. The van der Waals surface area contributed by atoms with Gasteiger partial charge in [0.25, 0.3) is 0 Å². The van der Waals surface area contributed by atoms with Crippen LogP contribution in [0.25, 0.3) is 5.57 Å². The molecule has 0 radical (unpaired) electrons. The van der Waals surface area contributed by atoms with E-state index < -0.39 is 5.97 Å². The predicted octanol–water partition coefficient (Wildman–Crippen LogP) is 4.84. The van der Waals surface area contributed by atoms with Crippen LogP contribution in [0.4, 0.5) is 0 Å². The first-order valence-electron chi connectivity index (χ1n) is 9.92. The van der Waals surface area contributed by atoms with Crippen molar-refractivity contribution in [2.24, 2.45) is 11.8 Å². The fourth-order valence-corrected chi connectivity index (χ4v) is 4.50. The van der Waals surface area contributed by atoms with Gasteiger partial charge in [-0.2, -0.15) is 0 Å². The zero-order valence-electron chi connectivity index (χ0n) is 15.2. The third-order valence-corrected chi connectivity index (χ3v) is 5.79. The van der Waals surface area contributed by atoms with Crippen LogP contribution >= 0.6 is 0 Å². The van der Waals surface area contributed by atoms with Gasteiger partial charge in [-0.15, -0.1) is 0 Å². The lowest BCUT2D eigenvalue weighted by atomic mass is 9.80. The third kappa shape index (κ3) is 5.43. The molecular formula is C22H31NO2. The van der Waals surface area contributed by atoms with Crippen LogP contribution in [0.3, 0.4) is 0 Å². The van der Waals surface area contributed by atoms with Crippen LogP contribution in [0.15, 0.2) is 36.4 Å². The molecule has 0 aromatic heterocycles. The van der Waals surface area contributed by atoms with E-state index in [9.17, 15) is 4.79 Å². The first kappa shape index (κ1) is 18.2. The maximum absolute atomic E-state index is 10.9. The molecule has 3 rings (SSSR count). The molecule has 3 nitrogen and oxygen atoms in total. The van der Waals surface area contributed by atoms with Gasteiger partial charge in [0, 0.05) is 19.5 Å². The Labute approximate surface area is 151 Å². The van der Waals surface area contributed by atoms with Crippen LogP contribution in [0.2, 0.25) is 0 Å². The molecule has 136 valence electrons. The number of likely N-dealkylation sites (tertiary alicyclic amines) is 1. The van der Waals surface area contributed by atoms with E-state index in [2.05, 4.69) is 41.3 Å². The Morgan fingerprint density at radius 1 is 1.12 bits per heavy atom. The monoisotopic (exact) mass is 341 g/mol. The number of carboxylic acid groups (broad SMARTS) is 1. The molecule has 1 unspecified atom stereocenters. The molecular weight excluding hydrogens is 310 g/mol. The molecule has 0 spiro atoms. The van der Waals surface area contributed by atoms with E-state index in [4.69, 9.17) is 5.11 Å². The van der Waals surface area contributed by atoms with Crippen molar-refractivity contribution in [1.82, 2.24) is 4.90 Å². The van der Waals surface area contributed by atoms with E-state index in [1.54, 1.807) is 5.57 Å². The topological polar surface area (TPSA) is 40.5 Å². The van der Waals surface area contributed by atoms with Gasteiger partial charge in [-0.3, -0.25) is 4.79 Å². The third-order valence-electron chi connectivity index (χ3n) is 5.79. The summed E-state index contributed by atoms with van der Waals surface area (Å²) in [4.78, 5) is 13.3. The number of benzene rings is 1. The summed E-state index contributed by atoms with van der Waals surface area (Å²) in [5.74, 6) is 0.401. The van der Waals surface area contributed by atoms with Crippen LogP contribution in [0.5, 0.6) is 0 Å². The van der Waals surface area contributed by atoms with Crippen molar-refractivity contribution in [3.63, 3.8) is 0 Å². The fourth-order valence-electron chi connectivity index (χ4n) is 4.50. The molecule has 1 N–H and O–H groups in total. The second kappa shape index (κ2) is 9.19. The minimum Gasteiger partial charge on any atom is -0.481 e. The summed E-state index contributed by atoms with van der Waals surface area (Å²) in [5.41, 5.74) is 2.93. The lowest BCUT2D eigenvalue weighted by Gasteiger charge is -2.25. The van der Waals surface area contributed by atoms with E-state index in [0.29, 0.717) is 12.3 Å². The molecule has 1 aliphatic carbocycles. The Balaban J connectivity index is 1.58. The second-order valence-electron chi connectivity index (χ2n) is 7.70. The summed E-state index contributed by atoms with van der Waals surface area (Å²) >= 11 is 0. The van der Waals surface area contributed by atoms with Gasteiger partial charge in [-0.25, -0.2) is 0 Å². The number of carbonyl (C=O) groups is 1. The molecule has 2 aliphatic rings. The summed E-state index contributed by atoms with van der Waals surface area (Å²) in [5, 5.41) is 8.95. The maximum atomic E-state index is 10.9. The Morgan fingerprint density at radius 2 is 1.88 bits per heavy atom. The highest BCUT2D eigenvalue weighted by Crippen LogP contribution is 2.35. The van der Waals surface area contributed by atoms with E-state index in [1.807, 2.05) is 0 Å². The Bertz CT molecular complexity index is 575. The number of aliphatic carboxylic acids is 1. The largest absolute Gasteiger partial charge is 0.481 e. The minimum atomic E-state index is -0.657. The van der Waals surface area contributed by atoms with Crippen LogP contribution < -0.4 is 0 Å². The average molecular weight is 341 g/mol. The highest BCUT2D eigenvalue weighted by atomic mass is 16.4. The van der Waals surface area contributed by atoms with Crippen LogP contribution in [0.1, 0.15) is 56.9 Å². The van der Waals surface area contributed by atoms with Gasteiger partial charge in [0.15, 0.2) is 0 Å². The van der Waals surface area contributed by atoms with Gasteiger partial charge in [-0.05, 0) is 55.2 Å². The quantitative estimate of drug-likeness (QED) is 0.771. The number of nitrogens with zero attached hydrogens (tertiary/aromatic N) is 1. The van der Waals surface area contributed by atoms with Crippen molar-refractivity contribution in [3.8, 4) is 0 Å². The Kier molecular flexibility index (Phi) is 6.69. The first-order valence-corrected chi connectivity index (χ1v) is 9.92. The lowest BCUT2D eigenvalue weighted by molar-refractivity contribution is -0.138. The summed E-state index contributed by atoms with van der Waals surface area (Å²) < 4.78 is 0. The van der Waals surface area contributed by atoms with Crippen molar-refractivity contribution in [2.75, 3.05) is 19.6 Å². The summed E-state index contributed by atoms with van der Waals surface area (Å²) in [7, 11) is 0. The molecule has 1 heterocycles. The highest BCUT2D eigenvalue weighted by molar-refractivity contribution is 5.67. The highest BCUT2D eigenvalue weighted by Gasteiger charge is 2.24. The predicted molar refractivity (Wildman–Crippen MR) is 102 cm³/mol. The minimum absolute atomic E-state index is 0.323. The van der Waals surface area contributed by atoms with Crippen LogP contribution in [-0.4, -0.2) is 35.6 Å².